The standard InChI is InChI=1S/C34H43N3O6S/c1-19(38)36-26-10-8-22-16-30(41-2)32(42-3)33(43-4)31(22)24-9-11-27(29(39)17-25(24)26)37-28(12-13-44-5)34(40)35-18-23-15-20-6-7-21(23)14-20/h6-7,9,11,16-17,20-21,23,26,28H,8,10,12-15,18H2,1-5H3,(H,35,40)(H,36,38)(H,37,39)/t20-,21-,23-,26-,28-/m0/s1. The molecule has 2 aromatic carbocycles. The van der Waals surface area contributed by atoms with Crippen LogP contribution in [0, 0.1) is 17.8 Å². The first kappa shape index (κ1) is 31.8. The number of thioether (sulfide) groups is 1. The summed E-state index contributed by atoms with van der Waals surface area (Å²) in [6.45, 7) is 2.11. The van der Waals surface area contributed by atoms with Crippen molar-refractivity contribution in [2.24, 2.45) is 17.8 Å². The number of ether oxygens (including phenoxy) is 3. The minimum absolute atomic E-state index is 0.0989. The van der Waals surface area contributed by atoms with Crippen LogP contribution in [-0.4, -0.2) is 57.7 Å². The maximum atomic E-state index is 13.8. The number of methoxy groups -OCH3 is 3. The lowest BCUT2D eigenvalue weighted by Crippen LogP contribution is -2.43. The zero-order valence-corrected chi connectivity index (χ0v) is 27.0. The zero-order chi connectivity index (χ0) is 31.4. The Balaban J connectivity index is 1.52. The number of carbonyl (C=O) groups is 2. The van der Waals surface area contributed by atoms with Crippen LogP contribution in [0.5, 0.6) is 17.2 Å². The van der Waals surface area contributed by atoms with E-state index in [1.54, 1.807) is 45.2 Å². The second kappa shape index (κ2) is 14.0. The number of amides is 2. The summed E-state index contributed by atoms with van der Waals surface area (Å²) in [5.74, 6) is 3.61. The van der Waals surface area contributed by atoms with Crippen LogP contribution in [0.15, 0.2) is 41.2 Å². The predicted molar refractivity (Wildman–Crippen MR) is 175 cm³/mol. The topological polar surface area (TPSA) is 115 Å². The highest BCUT2D eigenvalue weighted by Crippen LogP contribution is 2.50. The van der Waals surface area contributed by atoms with Gasteiger partial charge >= 0.3 is 0 Å². The number of aryl methyl sites for hydroxylation is 1. The summed E-state index contributed by atoms with van der Waals surface area (Å²) in [6.07, 6.45) is 10.7. The highest BCUT2D eigenvalue weighted by Gasteiger charge is 2.36. The van der Waals surface area contributed by atoms with Gasteiger partial charge in [-0.15, -0.1) is 0 Å². The van der Waals surface area contributed by atoms with Crippen molar-refractivity contribution in [3.05, 3.63) is 57.8 Å². The Morgan fingerprint density at radius 3 is 2.48 bits per heavy atom. The lowest BCUT2D eigenvalue weighted by molar-refractivity contribution is -0.122. The van der Waals surface area contributed by atoms with Crippen molar-refractivity contribution < 1.29 is 23.8 Å². The molecule has 5 rings (SSSR count). The summed E-state index contributed by atoms with van der Waals surface area (Å²) in [4.78, 5) is 39.5. The molecule has 3 N–H and O–H groups in total. The van der Waals surface area contributed by atoms with Gasteiger partial charge in [0.15, 0.2) is 11.5 Å². The molecule has 0 aliphatic heterocycles. The summed E-state index contributed by atoms with van der Waals surface area (Å²) in [7, 11) is 4.71. The third-order valence-electron chi connectivity index (χ3n) is 9.13. The highest BCUT2D eigenvalue weighted by molar-refractivity contribution is 7.98. The molecule has 3 aliphatic rings. The van der Waals surface area contributed by atoms with E-state index in [-0.39, 0.29) is 17.2 Å². The summed E-state index contributed by atoms with van der Waals surface area (Å²) < 4.78 is 17.2. The largest absolute Gasteiger partial charge is 0.493 e. The lowest BCUT2D eigenvalue weighted by atomic mass is 9.93. The number of benzene rings is 1. The second-order valence-electron chi connectivity index (χ2n) is 11.9. The molecule has 0 spiro atoms. The van der Waals surface area contributed by atoms with E-state index >= 15 is 0 Å². The molecule has 0 radical (unpaired) electrons. The fourth-order valence-corrected chi connectivity index (χ4v) is 7.47. The number of fused-ring (bicyclic) bond motifs is 5. The number of hydrogen-bond acceptors (Lipinski definition) is 8. The third-order valence-corrected chi connectivity index (χ3v) is 9.77. The first-order valence-corrected chi connectivity index (χ1v) is 16.7. The Hall–Kier alpha value is -3.66. The van der Waals surface area contributed by atoms with Crippen LogP contribution in [0.2, 0.25) is 0 Å². The van der Waals surface area contributed by atoms with Gasteiger partial charge in [0.1, 0.15) is 6.04 Å². The summed E-state index contributed by atoms with van der Waals surface area (Å²) in [6, 6.07) is 6.14. The van der Waals surface area contributed by atoms with Gasteiger partial charge in [0.2, 0.25) is 23.0 Å². The van der Waals surface area contributed by atoms with Gasteiger partial charge in [-0.05, 0) is 96.8 Å². The fraction of sp³-hybridized carbons (Fsp3) is 0.500. The maximum absolute atomic E-state index is 13.8. The number of allylic oxidation sites excluding steroid dienone is 2. The van der Waals surface area contributed by atoms with Gasteiger partial charge in [0, 0.05) is 19.0 Å². The van der Waals surface area contributed by atoms with Gasteiger partial charge in [-0.25, -0.2) is 0 Å². The van der Waals surface area contributed by atoms with Crippen LogP contribution in [0.25, 0.3) is 11.1 Å². The van der Waals surface area contributed by atoms with E-state index in [0.717, 1.165) is 28.9 Å². The highest BCUT2D eigenvalue weighted by atomic mass is 32.2. The van der Waals surface area contributed by atoms with E-state index < -0.39 is 12.1 Å². The quantitative estimate of drug-likeness (QED) is 0.292. The van der Waals surface area contributed by atoms with Gasteiger partial charge < -0.3 is 30.2 Å². The van der Waals surface area contributed by atoms with Crippen LogP contribution in [0.3, 0.4) is 0 Å². The first-order chi connectivity index (χ1) is 21.3. The molecule has 5 atom stereocenters. The molecular weight excluding hydrogens is 578 g/mol. The number of rotatable bonds is 12. The molecule has 1 saturated carbocycles. The van der Waals surface area contributed by atoms with E-state index in [1.807, 2.05) is 18.4 Å². The minimum Gasteiger partial charge on any atom is -0.493 e. The smallest absolute Gasteiger partial charge is 0.242 e. The van der Waals surface area contributed by atoms with Crippen molar-refractivity contribution in [3.8, 4) is 28.4 Å². The SMILES string of the molecule is COc1cc2c(c(OC)c1OC)-c1ccc(N[C@@H](CCSC)C(=O)NC[C@@H]3C[C@H]4C=C[C@H]3C4)c(=O)cc1[C@@H](NC(C)=O)CC2. The average Bonchev–Trinajstić information content (AvgIpc) is 3.57. The van der Waals surface area contributed by atoms with Gasteiger partial charge in [-0.2, -0.15) is 11.8 Å². The number of anilines is 1. The number of carbonyl (C=O) groups excluding carboxylic acids is 2. The number of hydrogen-bond donors (Lipinski definition) is 3. The molecule has 236 valence electrons. The predicted octanol–water partition coefficient (Wildman–Crippen LogP) is 4.73. The van der Waals surface area contributed by atoms with Crippen molar-refractivity contribution >= 4 is 29.3 Å². The summed E-state index contributed by atoms with van der Waals surface area (Å²) >= 11 is 1.66. The molecule has 2 aromatic rings. The van der Waals surface area contributed by atoms with Crippen LogP contribution in [-0.2, 0) is 16.0 Å². The van der Waals surface area contributed by atoms with E-state index in [0.29, 0.717) is 72.1 Å². The number of nitrogens with one attached hydrogen (secondary N) is 3. The van der Waals surface area contributed by atoms with E-state index in [1.165, 1.54) is 13.3 Å². The molecule has 10 heteroatoms. The molecule has 0 unspecified atom stereocenters. The Kier molecular flexibility index (Phi) is 10.1. The summed E-state index contributed by atoms with van der Waals surface area (Å²) in [5, 5.41) is 9.49. The van der Waals surface area contributed by atoms with Gasteiger partial charge in [-0.1, -0.05) is 18.2 Å². The van der Waals surface area contributed by atoms with Crippen molar-refractivity contribution in [1.82, 2.24) is 10.6 Å². The van der Waals surface area contributed by atoms with Crippen molar-refractivity contribution in [1.29, 1.82) is 0 Å². The second-order valence-corrected chi connectivity index (χ2v) is 12.8. The van der Waals surface area contributed by atoms with Crippen LogP contribution < -0.4 is 35.6 Å². The molecule has 0 heterocycles. The minimum atomic E-state index is -0.566. The van der Waals surface area contributed by atoms with Crippen LogP contribution in [0.4, 0.5) is 5.69 Å². The Morgan fingerprint density at radius 1 is 1.05 bits per heavy atom. The Bertz CT molecular complexity index is 1490. The molecule has 2 amide bonds. The monoisotopic (exact) mass is 621 g/mol. The summed E-state index contributed by atoms with van der Waals surface area (Å²) in [5.41, 5.74) is 3.22. The molecule has 1 fully saturated rings. The van der Waals surface area contributed by atoms with Crippen molar-refractivity contribution in [2.45, 2.75) is 51.1 Å². The van der Waals surface area contributed by atoms with E-state index in [4.69, 9.17) is 14.2 Å². The molecule has 3 aliphatic carbocycles. The molecule has 0 saturated heterocycles. The third kappa shape index (κ3) is 6.55. The van der Waals surface area contributed by atoms with Crippen molar-refractivity contribution in [2.75, 3.05) is 45.2 Å². The van der Waals surface area contributed by atoms with Gasteiger partial charge in [-0.3, -0.25) is 14.4 Å². The Morgan fingerprint density at radius 2 is 1.84 bits per heavy atom. The van der Waals surface area contributed by atoms with Crippen LogP contribution >= 0.6 is 11.8 Å². The first-order valence-electron chi connectivity index (χ1n) is 15.3. The average molecular weight is 622 g/mol. The zero-order valence-electron chi connectivity index (χ0n) is 26.2. The van der Waals surface area contributed by atoms with Gasteiger partial charge in [0.05, 0.1) is 33.1 Å². The maximum Gasteiger partial charge on any atom is 0.242 e. The van der Waals surface area contributed by atoms with E-state index in [2.05, 4.69) is 28.1 Å². The van der Waals surface area contributed by atoms with Gasteiger partial charge in [0.25, 0.3) is 0 Å². The molecular formula is C34H43N3O6S. The van der Waals surface area contributed by atoms with Crippen LogP contribution in [0.1, 0.15) is 49.8 Å². The molecule has 9 nitrogen and oxygen atoms in total. The molecule has 0 aromatic heterocycles. The Labute approximate surface area is 263 Å². The van der Waals surface area contributed by atoms with E-state index in [9.17, 15) is 14.4 Å². The normalized spacial score (nSPS) is 21.8. The molecule has 44 heavy (non-hydrogen) atoms. The van der Waals surface area contributed by atoms with Crippen molar-refractivity contribution in [3.63, 3.8) is 0 Å². The fourth-order valence-electron chi connectivity index (χ4n) is 7.00. The molecule has 2 bridgehead atoms. The lowest BCUT2D eigenvalue weighted by Gasteiger charge is -2.22.